The highest BCUT2D eigenvalue weighted by atomic mass is 32.2. The third-order valence-corrected chi connectivity index (χ3v) is 6.00. The zero-order valence-corrected chi connectivity index (χ0v) is 17.7. The van der Waals surface area contributed by atoms with Crippen LogP contribution in [0, 0.1) is 0 Å². The van der Waals surface area contributed by atoms with Gasteiger partial charge in [0, 0.05) is 23.3 Å². The van der Waals surface area contributed by atoms with Crippen molar-refractivity contribution in [2.45, 2.75) is 46.5 Å². The third-order valence-electron chi connectivity index (χ3n) is 5.20. The highest BCUT2D eigenvalue weighted by molar-refractivity contribution is 7.85. The highest BCUT2D eigenvalue weighted by Crippen LogP contribution is 2.46. The van der Waals surface area contributed by atoms with E-state index in [4.69, 9.17) is 4.55 Å². The Kier molecular flexibility index (Phi) is 8.31. The fraction of sp³-hybridized carbons (Fsp3) is 0.600. The van der Waals surface area contributed by atoms with Gasteiger partial charge in [0.2, 0.25) is 0 Å². The van der Waals surface area contributed by atoms with Crippen LogP contribution in [0.1, 0.15) is 46.6 Å². The number of quaternary nitrogens is 1. The Morgan fingerprint density at radius 3 is 2.12 bits per heavy atom. The van der Waals surface area contributed by atoms with Gasteiger partial charge in [-0.3, -0.25) is 4.55 Å². The lowest BCUT2D eigenvalue weighted by Gasteiger charge is -2.25. The number of nitrogens with zero attached hydrogens (tertiary/aromatic N) is 1. The van der Waals surface area contributed by atoms with Crippen LogP contribution in [-0.4, -0.2) is 44.9 Å². The summed E-state index contributed by atoms with van der Waals surface area (Å²) in [6.45, 7) is 19.4. The molecule has 0 aromatic heterocycles. The minimum atomic E-state index is -3.90. The van der Waals surface area contributed by atoms with Gasteiger partial charge in [0.1, 0.15) is 0 Å². The molecule has 0 spiro atoms. The summed E-state index contributed by atoms with van der Waals surface area (Å²) in [4.78, 5) is 3.72. The van der Waals surface area contributed by atoms with Gasteiger partial charge in [-0.25, -0.2) is 0 Å². The van der Waals surface area contributed by atoms with Gasteiger partial charge in [-0.05, 0) is 38.8 Å². The lowest BCUT2D eigenvalue weighted by atomic mass is 9.84. The van der Waals surface area contributed by atoms with Crippen LogP contribution in [0.2, 0.25) is 0 Å². The van der Waals surface area contributed by atoms with Crippen LogP contribution in [0.5, 0.6) is 0 Å². The molecule has 0 amide bonds. The molecule has 2 rings (SSSR count). The molecule has 0 fully saturated rings. The molecule has 0 unspecified atom stereocenters. The smallest absolute Gasteiger partial charge is 0.264 e. The molecular weight excluding hydrogens is 348 g/mol. The summed E-state index contributed by atoms with van der Waals surface area (Å²) >= 11 is 0. The molecule has 0 saturated carbocycles. The van der Waals surface area contributed by atoms with Crippen LogP contribution >= 0.6 is 0 Å². The van der Waals surface area contributed by atoms with E-state index in [1.54, 1.807) is 4.90 Å². The fourth-order valence-electron chi connectivity index (χ4n) is 3.29. The fourth-order valence-corrected chi connectivity index (χ4v) is 3.78. The van der Waals surface area contributed by atoms with E-state index in [9.17, 15) is 8.42 Å². The minimum absolute atomic E-state index is 0.144. The summed E-state index contributed by atoms with van der Waals surface area (Å²) in [5.41, 5.74) is 3.10. The van der Waals surface area contributed by atoms with E-state index < -0.39 is 10.1 Å². The topological polar surface area (TPSA) is 62.0 Å². The first kappa shape index (κ1) is 22.7. The molecule has 1 aromatic rings. The number of anilines is 1. The Balaban J connectivity index is 0.000000412. The van der Waals surface area contributed by atoms with Gasteiger partial charge in [0.15, 0.2) is 0 Å². The second-order valence-electron chi connectivity index (χ2n) is 7.19. The molecule has 148 valence electrons. The molecule has 2 N–H and O–H groups in total. The number of hydrogen-bond acceptors (Lipinski definition) is 3. The van der Waals surface area contributed by atoms with Crippen molar-refractivity contribution in [3.8, 4) is 0 Å². The van der Waals surface area contributed by atoms with Gasteiger partial charge >= 0.3 is 0 Å². The number of hydrogen-bond donors (Lipinski definition) is 2. The Labute approximate surface area is 159 Å². The van der Waals surface area contributed by atoms with Crippen molar-refractivity contribution in [3.63, 3.8) is 0 Å². The number of para-hydroxylation sites is 1. The van der Waals surface area contributed by atoms with Crippen molar-refractivity contribution in [1.29, 1.82) is 0 Å². The first-order valence-electron chi connectivity index (χ1n) is 9.43. The predicted octanol–water partition coefficient (Wildman–Crippen LogP) is 2.51. The molecule has 0 radical (unpaired) electrons. The first-order valence-corrected chi connectivity index (χ1v) is 11.0. The van der Waals surface area contributed by atoms with Crippen molar-refractivity contribution < 1.29 is 17.9 Å². The molecule has 5 nitrogen and oxygen atoms in total. The third kappa shape index (κ3) is 5.83. The molecule has 1 aliphatic heterocycles. The Hall–Kier alpha value is -1.37. The van der Waals surface area contributed by atoms with Crippen molar-refractivity contribution in [2.24, 2.45) is 0 Å². The molecule has 1 aromatic carbocycles. The largest absolute Gasteiger partial charge is 0.345 e. The van der Waals surface area contributed by atoms with Gasteiger partial charge in [-0.2, -0.15) is 8.42 Å². The lowest BCUT2D eigenvalue weighted by molar-refractivity contribution is -0.894. The van der Waals surface area contributed by atoms with E-state index in [1.165, 1.54) is 25.2 Å². The summed E-state index contributed by atoms with van der Waals surface area (Å²) in [6, 6.07) is 8.05. The molecule has 1 heterocycles. The van der Waals surface area contributed by atoms with E-state index in [0.717, 1.165) is 11.4 Å². The number of nitrogens with one attached hydrogen (secondary N) is 1. The summed E-state index contributed by atoms with van der Waals surface area (Å²) in [6.07, 6.45) is 0.377. The Bertz CT molecular complexity index is 689. The second-order valence-corrected chi connectivity index (χ2v) is 8.76. The quantitative estimate of drug-likeness (QED) is 0.710. The predicted molar refractivity (Wildman–Crippen MR) is 110 cm³/mol. The van der Waals surface area contributed by atoms with E-state index in [1.807, 2.05) is 23.1 Å². The summed E-state index contributed by atoms with van der Waals surface area (Å²) in [5.74, 6) is -0.223. The molecule has 0 atom stereocenters. The molecule has 0 bridgehead atoms. The number of benzene rings is 1. The standard InChI is InChI=1S/C14H19NO3S.C6H15N/c1-11-14(2,3)12-7-4-5-8-13(12)15(11)9-6-10-19(16,17)18;1-4-7(5-2)6-3/h4-5,7-8H,1,6,9-10H2,2-3H3,(H,16,17,18);4-6H2,1-3H3/p+1. The zero-order valence-electron chi connectivity index (χ0n) is 16.9. The normalized spacial score (nSPS) is 15.7. The van der Waals surface area contributed by atoms with Crippen LogP contribution in [-0.2, 0) is 15.5 Å². The average Bonchev–Trinajstić information content (AvgIpc) is 2.77. The zero-order chi connectivity index (χ0) is 20.0. The van der Waals surface area contributed by atoms with Crippen molar-refractivity contribution in [2.75, 3.05) is 36.8 Å². The maximum absolute atomic E-state index is 10.8. The number of fused-ring (bicyclic) bond motifs is 1. The maximum atomic E-state index is 10.8. The van der Waals surface area contributed by atoms with Gasteiger partial charge < -0.3 is 9.80 Å². The number of rotatable bonds is 7. The van der Waals surface area contributed by atoms with Gasteiger partial charge in [-0.1, -0.05) is 38.6 Å². The van der Waals surface area contributed by atoms with E-state index in [-0.39, 0.29) is 11.2 Å². The van der Waals surface area contributed by atoms with Gasteiger partial charge in [0.25, 0.3) is 10.1 Å². The SMILES string of the molecule is C=C1N(CCCS(=O)(=O)O)c2ccccc2C1(C)C.CC[NH+](CC)CC. The van der Waals surface area contributed by atoms with Gasteiger partial charge in [-0.15, -0.1) is 0 Å². The molecular formula is C20H35N2O3S+. The van der Waals surface area contributed by atoms with E-state index in [0.29, 0.717) is 13.0 Å². The first-order chi connectivity index (χ1) is 12.1. The monoisotopic (exact) mass is 383 g/mol. The molecule has 6 heteroatoms. The van der Waals surface area contributed by atoms with Gasteiger partial charge in [0.05, 0.1) is 25.4 Å². The van der Waals surface area contributed by atoms with E-state index in [2.05, 4.69) is 47.3 Å². The summed E-state index contributed by atoms with van der Waals surface area (Å²) in [5, 5.41) is 0. The van der Waals surface area contributed by atoms with Crippen LogP contribution in [0.4, 0.5) is 5.69 Å². The molecule has 0 aliphatic carbocycles. The second kappa shape index (κ2) is 9.53. The van der Waals surface area contributed by atoms with Crippen LogP contribution < -0.4 is 9.80 Å². The summed E-state index contributed by atoms with van der Waals surface area (Å²) < 4.78 is 30.3. The Morgan fingerprint density at radius 1 is 1.12 bits per heavy atom. The maximum Gasteiger partial charge on any atom is 0.264 e. The minimum Gasteiger partial charge on any atom is -0.345 e. The summed E-state index contributed by atoms with van der Waals surface area (Å²) in [7, 11) is -3.90. The average molecular weight is 384 g/mol. The van der Waals surface area contributed by atoms with Crippen LogP contribution in [0.25, 0.3) is 0 Å². The lowest BCUT2D eigenvalue weighted by Crippen LogP contribution is -3.11. The molecule has 26 heavy (non-hydrogen) atoms. The molecule has 0 saturated heterocycles. The van der Waals surface area contributed by atoms with Crippen molar-refractivity contribution >= 4 is 15.8 Å². The van der Waals surface area contributed by atoms with Crippen molar-refractivity contribution in [3.05, 3.63) is 42.1 Å². The highest BCUT2D eigenvalue weighted by Gasteiger charge is 2.38. The number of allylic oxidation sites excluding steroid dienone is 1. The van der Waals surface area contributed by atoms with Crippen LogP contribution in [0.15, 0.2) is 36.5 Å². The Morgan fingerprint density at radius 2 is 1.65 bits per heavy atom. The van der Waals surface area contributed by atoms with E-state index >= 15 is 0 Å². The molecule has 1 aliphatic rings. The van der Waals surface area contributed by atoms with Crippen LogP contribution in [0.3, 0.4) is 0 Å². The van der Waals surface area contributed by atoms with Crippen molar-refractivity contribution in [1.82, 2.24) is 0 Å².